The molecular formula is C15H14N2O4. The van der Waals surface area contributed by atoms with Gasteiger partial charge in [-0.3, -0.25) is 4.79 Å². The van der Waals surface area contributed by atoms with E-state index in [1.165, 1.54) is 19.4 Å². The van der Waals surface area contributed by atoms with Gasteiger partial charge in [-0.25, -0.2) is 14.8 Å². The van der Waals surface area contributed by atoms with Crippen molar-refractivity contribution in [3.63, 3.8) is 0 Å². The molecule has 108 valence electrons. The average molecular weight is 286 g/mol. The Hall–Kier alpha value is -2.76. The fourth-order valence-corrected chi connectivity index (χ4v) is 1.79. The molecule has 21 heavy (non-hydrogen) atoms. The number of ether oxygens (including phenoxy) is 1. The molecule has 0 saturated heterocycles. The summed E-state index contributed by atoms with van der Waals surface area (Å²) in [5.74, 6) is -0.418. The highest BCUT2D eigenvalue weighted by Crippen LogP contribution is 2.15. The minimum Gasteiger partial charge on any atom is -0.487 e. The molecule has 1 heterocycles. The monoisotopic (exact) mass is 286 g/mol. The summed E-state index contributed by atoms with van der Waals surface area (Å²) in [5.41, 5.74) is 1.24. The molecule has 0 amide bonds. The van der Waals surface area contributed by atoms with Crippen molar-refractivity contribution in [2.45, 2.75) is 20.0 Å². The summed E-state index contributed by atoms with van der Waals surface area (Å²) in [6.07, 6.45) is 2.90. The van der Waals surface area contributed by atoms with Crippen molar-refractivity contribution in [1.82, 2.24) is 9.97 Å². The summed E-state index contributed by atoms with van der Waals surface area (Å²) in [4.78, 5) is 29.6. The number of nitrogens with zero attached hydrogens (tertiary/aromatic N) is 2. The summed E-state index contributed by atoms with van der Waals surface area (Å²) in [7, 11) is 0. The van der Waals surface area contributed by atoms with Gasteiger partial charge in [-0.1, -0.05) is 12.1 Å². The second-order valence-electron chi connectivity index (χ2n) is 4.50. The van der Waals surface area contributed by atoms with Crippen LogP contribution in [0.15, 0.2) is 36.8 Å². The number of benzene rings is 1. The molecule has 2 rings (SSSR count). The summed E-state index contributed by atoms with van der Waals surface area (Å²) in [6.45, 7) is 1.57. The van der Waals surface area contributed by atoms with Crippen LogP contribution in [0.25, 0.3) is 0 Å². The molecule has 0 fully saturated rings. The van der Waals surface area contributed by atoms with Crippen molar-refractivity contribution < 1.29 is 19.4 Å². The highest BCUT2D eigenvalue weighted by molar-refractivity contribution is 5.88. The quantitative estimate of drug-likeness (QED) is 0.872. The number of carboxylic acid groups (broad SMARTS) is 1. The summed E-state index contributed by atoms with van der Waals surface area (Å²) < 4.78 is 5.50. The molecule has 1 aromatic heterocycles. The third kappa shape index (κ3) is 4.10. The van der Waals surface area contributed by atoms with Crippen LogP contribution >= 0.6 is 0 Å². The van der Waals surface area contributed by atoms with Crippen LogP contribution in [0.2, 0.25) is 0 Å². The van der Waals surface area contributed by atoms with Crippen LogP contribution in [-0.4, -0.2) is 26.8 Å². The predicted molar refractivity (Wildman–Crippen MR) is 74.2 cm³/mol. The van der Waals surface area contributed by atoms with Crippen LogP contribution in [0.1, 0.15) is 28.5 Å². The minimum atomic E-state index is -1.09. The van der Waals surface area contributed by atoms with Crippen LogP contribution in [0.3, 0.4) is 0 Å². The fraction of sp³-hybridized carbons (Fsp3) is 0.200. The number of rotatable bonds is 6. The van der Waals surface area contributed by atoms with Crippen LogP contribution in [0, 0.1) is 0 Å². The Kier molecular flexibility index (Phi) is 4.61. The van der Waals surface area contributed by atoms with Crippen molar-refractivity contribution in [3.05, 3.63) is 53.6 Å². The molecule has 2 aromatic rings. The van der Waals surface area contributed by atoms with Gasteiger partial charge in [-0.2, -0.15) is 0 Å². The predicted octanol–water partition coefficient (Wildman–Crippen LogP) is 1.89. The van der Waals surface area contributed by atoms with E-state index >= 15 is 0 Å². The van der Waals surface area contributed by atoms with Gasteiger partial charge in [0.05, 0.1) is 5.69 Å². The lowest BCUT2D eigenvalue weighted by Crippen LogP contribution is -2.08. The molecule has 0 saturated carbocycles. The topological polar surface area (TPSA) is 89.4 Å². The number of hydrogen-bond acceptors (Lipinski definition) is 5. The van der Waals surface area contributed by atoms with E-state index in [1.54, 1.807) is 24.3 Å². The third-order valence-electron chi connectivity index (χ3n) is 2.78. The van der Waals surface area contributed by atoms with Gasteiger partial charge in [0.25, 0.3) is 0 Å². The van der Waals surface area contributed by atoms with Crippen LogP contribution in [0.5, 0.6) is 5.75 Å². The van der Waals surface area contributed by atoms with E-state index in [0.29, 0.717) is 17.9 Å². The third-order valence-corrected chi connectivity index (χ3v) is 2.78. The van der Waals surface area contributed by atoms with E-state index in [4.69, 9.17) is 9.84 Å². The first-order valence-corrected chi connectivity index (χ1v) is 6.29. The Labute approximate surface area is 121 Å². The zero-order valence-electron chi connectivity index (χ0n) is 11.4. The van der Waals surface area contributed by atoms with Gasteiger partial charge in [-0.15, -0.1) is 0 Å². The second-order valence-corrected chi connectivity index (χ2v) is 4.50. The fourth-order valence-electron chi connectivity index (χ4n) is 1.79. The smallest absolute Gasteiger partial charge is 0.339 e. The molecule has 1 aromatic carbocycles. The molecule has 0 aliphatic carbocycles. The van der Waals surface area contributed by atoms with Crippen LogP contribution in [0.4, 0.5) is 0 Å². The van der Waals surface area contributed by atoms with Crippen LogP contribution < -0.4 is 4.74 Å². The number of carbonyl (C=O) groups excluding carboxylic acids is 1. The SMILES string of the molecule is CC(=O)Cc1ccc(OCc2ncncc2C(=O)O)cc1. The normalized spacial score (nSPS) is 10.1. The highest BCUT2D eigenvalue weighted by Gasteiger charge is 2.11. The van der Waals surface area contributed by atoms with Gasteiger partial charge < -0.3 is 9.84 Å². The minimum absolute atomic E-state index is 0.0192. The average Bonchev–Trinajstić information content (AvgIpc) is 2.46. The molecule has 6 heteroatoms. The lowest BCUT2D eigenvalue weighted by Gasteiger charge is -2.08. The molecule has 6 nitrogen and oxygen atoms in total. The molecule has 1 N–H and O–H groups in total. The maximum atomic E-state index is 11.0. The summed E-state index contributed by atoms with van der Waals surface area (Å²) in [6, 6.07) is 7.07. The second kappa shape index (κ2) is 6.60. The maximum absolute atomic E-state index is 11.0. The van der Waals surface area contributed by atoms with E-state index in [-0.39, 0.29) is 18.0 Å². The molecule has 0 radical (unpaired) electrons. The first kappa shape index (κ1) is 14.6. The lowest BCUT2D eigenvalue weighted by atomic mass is 10.1. The molecule has 0 aliphatic heterocycles. The molecule has 0 atom stereocenters. The number of Topliss-reactive ketones (excluding diaryl/α,β-unsaturated/α-hetero) is 1. The summed E-state index contributed by atoms with van der Waals surface area (Å²) in [5, 5.41) is 9.02. The Morgan fingerprint density at radius 3 is 2.57 bits per heavy atom. The first-order chi connectivity index (χ1) is 10.1. The standard InChI is InChI=1S/C15H14N2O4/c1-10(18)6-11-2-4-12(5-3-11)21-8-14-13(15(19)20)7-16-9-17-14/h2-5,7,9H,6,8H2,1H3,(H,19,20). The van der Waals surface area contributed by atoms with E-state index in [2.05, 4.69) is 9.97 Å². The van der Waals surface area contributed by atoms with E-state index in [9.17, 15) is 9.59 Å². The number of hydrogen-bond donors (Lipinski definition) is 1. The van der Waals surface area contributed by atoms with Crippen molar-refractivity contribution in [3.8, 4) is 5.75 Å². The van der Waals surface area contributed by atoms with E-state index < -0.39 is 5.97 Å². The van der Waals surface area contributed by atoms with Gasteiger partial charge in [0.15, 0.2) is 0 Å². The van der Waals surface area contributed by atoms with Crippen molar-refractivity contribution in [2.24, 2.45) is 0 Å². The lowest BCUT2D eigenvalue weighted by molar-refractivity contribution is -0.116. The molecule has 0 unspecified atom stereocenters. The Bertz CT molecular complexity index is 653. The molecule has 0 aliphatic rings. The first-order valence-electron chi connectivity index (χ1n) is 6.29. The van der Waals surface area contributed by atoms with Crippen molar-refractivity contribution in [2.75, 3.05) is 0 Å². The number of ketones is 1. The number of aromatic carboxylic acids is 1. The molecule has 0 bridgehead atoms. The van der Waals surface area contributed by atoms with Gasteiger partial charge >= 0.3 is 5.97 Å². The summed E-state index contributed by atoms with van der Waals surface area (Å²) >= 11 is 0. The maximum Gasteiger partial charge on any atom is 0.339 e. The van der Waals surface area contributed by atoms with Crippen LogP contribution in [-0.2, 0) is 17.8 Å². The van der Waals surface area contributed by atoms with Gasteiger partial charge in [0.1, 0.15) is 30.0 Å². The molecular weight excluding hydrogens is 272 g/mol. The van der Waals surface area contributed by atoms with Crippen molar-refractivity contribution >= 4 is 11.8 Å². The Morgan fingerprint density at radius 1 is 1.24 bits per heavy atom. The zero-order valence-corrected chi connectivity index (χ0v) is 11.4. The van der Waals surface area contributed by atoms with E-state index in [0.717, 1.165) is 5.56 Å². The Balaban J connectivity index is 2.03. The zero-order chi connectivity index (χ0) is 15.2. The van der Waals surface area contributed by atoms with E-state index in [1.807, 2.05) is 0 Å². The molecule has 0 spiro atoms. The van der Waals surface area contributed by atoms with Gasteiger partial charge in [0.2, 0.25) is 0 Å². The largest absolute Gasteiger partial charge is 0.487 e. The van der Waals surface area contributed by atoms with Gasteiger partial charge in [-0.05, 0) is 24.6 Å². The van der Waals surface area contributed by atoms with Crippen molar-refractivity contribution in [1.29, 1.82) is 0 Å². The van der Waals surface area contributed by atoms with Gasteiger partial charge in [0, 0.05) is 12.6 Å². The number of carbonyl (C=O) groups is 2. The number of carboxylic acids is 1. The highest BCUT2D eigenvalue weighted by atomic mass is 16.5. The number of aromatic nitrogens is 2. The Morgan fingerprint density at radius 2 is 1.95 bits per heavy atom.